The number of hydrogen-bond donors (Lipinski definition) is 1. The average molecular weight is 211 g/mol. The average Bonchev–Trinajstić information content (AvgIpc) is 1.94. The van der Waals surface area contributed by atoms with Gasteiger partial charge in [-0.25, -0.2) is 0 Å². The Kier molecular flexibility index (Phi) is 5.39. The van der Waals surface area contributed by atoms with Gasteiger partial charge in [-0.15, -0.1) is 0 Å². The Morgan fingerprint density at radius 2 is 2.08 bits per heavy atom. The molecule has 0 aliphatic rings. The number of halogens is 1. The molecule has 1 N–H and O–H groups in total. The van der Waals surface area contributed by atoms with E-state index in [0.29, 0.717) is 0 Å². The van der Waals surface area contributed by atoms with Crippen molar-refractivity contribution in [2.24, 2.45) is 0 Å². The molecule has 0 aliphatic carbocycles. The van der Waals surface area contributed by atoms with Crippen LogP contribution < -0.4 is 56.5 Å². The second-order valence-electron chi connectivity index (χ2n) is 1.95. The van der Waals surface area contributed by atoms with E-state index in [-0.39, 0.29) is 67.7 Å². The summed E-state index contributed by atoms with van der Waals surface area (Å²) in [6.07, 6.45) is 0. The van der Waals surface area contributed by atoms with Crippen LogP contribution in [0.5, 0.6) is 5.75 Å². The summed E-state index contributed by atoms with van der Waals surface area (Å²) in [5.41, 5.74) is -0.294. The number of rotatable bonds is 1. The summed E-state index contributed by atoms with van der Waals surface area (Å²) in [7, 11) is 0. The van der Waals surface area contributed by atoms with Gasteiger partial charge in [0.15, 0.2) is 0 Å². The molecule has 1 aromatic rings. The van der Waals surface area contributed by atoms with E-state index in [0.717, 1.165) is 6.07 Å². The molecule has 0 radical (unpaired) electrons. The molecule has 12 heavy (non-hydrogen) atoms. The molecular weight excluding hydrogens is 207 g/mol. The van der Waals surface area contributed by atoms with Crippen LogP contribution in [0.3, 0.4) is 0 Å². The number of carboxylic acids is 1. The third kappa shape index (κ3) is 3.04. The summed E-state index contributed by atoms with van der Waals surface area (Å²) in [4.78, 5) is 10.2. The predicted molar refractivity (Wildman–Crippen MR) is 37.4 cm³/mol. The Morgan fingerprint density at radius 1 is 1.50 bits per heavy atom. The molecule has 0 bridgehead atoms. The van der Waals surface area contributed by atoms with Crippen LogP contribution in [0.4, 0.5) is 0 Å². The number of carbonyl (C=O) groups is 1. The molecule has 5 heteroatoms. The fourth-order valence-electron chi connectivity index (χ4n) is 0.672. The number of aromatic hydroxyl groups is 1. The van der Waals surface area contributed by atoms with E-state index in [1.165, 1.54) is 12.1 Å². The zero-order valence-corrected chi connectivity index (χ0v) is 10.3. The van der Waals surface area contributed by atoms with E-state index in [2.05, 4.69) is 0 Å². The number of carbonyl (C=O) groups excluding carboxylic acids is 1. The first-order chi connectivity index (χ1) is 5.11. The molecule has 0 saturated heterocycles. The maximum absolute atomic E-state index is 10.2. The van der Waals surface area contributed by atoms with Crippen LogP contribution in [-0.4, -0.2) is 11.1 Å². The smallest absolute Gasteiger partial charge is 0.545 e. The zero-order valence-electron chi connectivity index (χ0n) is 6.37. The largest absolute Gasteiger partial charge is 1.00 e. The van der Waals surface area contributed by atoms with E-state index >= 15 is 0 Å². The van der Waals surface area contributed by atoms with Gasteiger partial charge in [0.1, 0.15) is 5.75 Å². The summed E-state index contributed by atoms with van der Waals surface area (Å²) in [6, 6.07) is 3.73. The van der Waals surface area contributed by atoms with Crippen molar-refractivity contribution in [1.82, 2.24) is 0 Å². The van der Waals surface area contributed by atoms with Gasteiger partial charge in [0.05, 0.1) is 5.97 Å². The quantitative estimate of drug-likeness (QED) is 0.518. The molecule has 58 valence electrons. The van der Waals surface area contributed by atoms with Crippen molar-refractivity contribution in [3.63, 3.8) is 0 Å². The fourth-order valence-corrected chi connectivity index (χ4v) is 0.844. The molecule has 0 aliphatic heterocycles. The van der Waals surface area contributed by atoms with E-state index in [1.807, 2.05) is 0 Å². The molecule has 0 heterocycles. The maximum Gasteiger partial charge on any atom is 1.00 e. The molecular formula is C7H4ClKO3. The zero-order chi connectivity index (χ0) is 8.43. The maximum atomic E-state index is 10.2. The number of phenols is 1. The van der Waals surface area contributed by atoms with Crippen molar-refractivity contribution in [2.45, 2.75) is 0 Å². The Morgan fingerprint density at radius 3 is 2.50 bits per heavy atom. The molecule has 1 rings (SSSR count). The van der Waals surface area contributed by atoms with Crippen LogP contribution in [0.15, 0.2) is 18.2 Å². The van der Waals surface area contributed by atoms with Crippen molar-refractivity contribution in [3.8, 4) is 5.75 Å². The molecule has 0 atom stereocenters. The molecule has 3 nitrogen and oxygen atoms in total. The van der Waals surface area contributed by atoms with Crippen molar-refractivity contribution in [1.29, 1.82) is 0 Å². The molecule has 0 aromatic heterocycles. The number of hydrogen-bond acceptors (Lipinski definition) is 3. The van der Waals surface area contributed by atoms with E-state index in [4.69, 9.17) is 16.7 Å². The van der Waals surface area contributed by atoms with Gasteiger partial charge in [0.2, 0.25) is 0 Å². The Bertz CT molecular complexity index is 301. The monoisotopic (exact) mass is 210 g/mol. The number of carboxylic acid groups (broad SMARTS) is 1. The first-order valence-corrected chi connectivity index (χ1v) is 3.19. The van der Waals surface area contributed by atoms with Crippen LogP contribution >= 0.6 is 11.6 Å². The minimum absolute atomic E-state index is 0. The third-order valence-corrected chi connectivity index (χ3v) is 1.41. The third-order valence-electron chi connectivity index (χ3n) is 1.18. The van der Waals surface area contributed by atoms with Crippen molar-refractivity contribution in [3.05, 3.63) is 28.8 Å². The molecule has 0 fully saturated rings. The molecule has 0 spiro atoms. The summed E-state index contributed by atoms with van der Waals surface area (Å²) in [6.45, 7) is 0. The van der Waals surface area contributed by atoms with Gasteiger partial charge in [-0.2, -0.15) is 0 Å². The standard InChI is InChI=1S/C7H5ClO3.K/c8-4-1-2-6(9)5(3-4)7(10)11;/h1-3,9H,(H,10,11);/q;+1/p-1. The van der Waals surface area contributed by atoms with E-state index < -0.39 is 5.97 Å². The van der Waals surface area contributed by atoms with Gasteiger partial charge < -0.3 is 15.0 Å². The van der Waals surface area contributed by atoms with Gasteiger partial charge in [0.25, 0.3) is 0 Å². The minimum Gasteiger partial charge on any atom is -0.545 e. The first kappa shape index (κ1) is 12.4. The Hall–Kier alpha value is 0.416. The van der Waals surface area contributed by atoms with Crippen molar-refractivity contribution < 1.29 is 66.4 Å². The van der Waals surface area contributed by atoms with Crippen LogP contribution in [0.1, 0.15) is 10.4 Å². The van der Waals surface area contributed by atoms with Gasteiger partial charge in [-0.3, -0.25) is 0 Å². The Labute approximate surface area is 117 Å². The Balaban J connectivity index is 0.00000121. The van der Waals surface area contributed by atoms with Gasteiger partial charge in [0, 0.05) is 10.6 Å². The molecule has 1 aromatic carbocycles. The summed E-state index contributed by atoms with van der Waals surface area (Å²) in [5, 5.41) is 19.4. The van der Waals surface area contributed by atoms with Crippen LogP contribution in [0.2, 0.25) is 5.02 Å². The van der Waals surface area contributed by atoms with E-state index in [1.54, 1.807) is 0 Å². The van der Waals surface area contributed by atoms with Crippen molar-refractivity contribution in [2.75, 3.05) is 0 Å². The number of aromatic carboxylic acids is 1. The molecule has 0 unspecified atom stereocenters. The fraction of sp³-hybridized carbons (Fsp3) is 0. The molecule has 0 amide bonds. The second-order valence-corrected chi connectivity index (χ2v) is 2.39. The van der Waals surface area contributed by atoms with Crippen LogP contribution in [0.25, 0.3) is 0 Å². The van der Waals surface area contributed by atoms with Crippen molar-refractivity contribution >= 4 is 17.6 Å². The summed E-state index contributed by atoms with van der Waals surface area (Å²) < 4.78 is 0. The van der Waals surface area contributed by atoms with Crippen LogP contribution in [-0.2, 0) is 0 Å². The number of benzene rings is 1. The van der Waals surface area contributed by atoms with Crippen LogP contribution in [0, 0.1) is 0 Å². The topological polar surface area (TPSA) is 60.4 Å². The van der Waals surface area contributed by atoms with Gasteiger partial charge in [-0.05, 0) is 18.2 Å². The SMILES string of the molecule is O=C([O-])c1cc(Cl)ccc1O.[K+]. The molecule has 0 saturated carbocycles. The summed E-state index contributed by atoms with van der Waals surface area (Å²) in [5.74, 6) is -1.78. The van der Waals surface area contributed by atoms with Gasteiger partial charge in [-0.1, -0.05) is 11.6 Å². The summed E-state index contributed by atoms with van der Waals surface area (Å²) >= 11 is 5.46. The van der Waals surface area contributed by atoms with E-state index in [9.17, 15) is 9.90 Å². The first-order valence-electron chi connectivity index (χ1n) is 2.81. The predicted octanol–water partition coefficient (Wildman–Crippen LogP) is -2.59. The second kappa shape index (κ2) is 5.21. The normalized spacial score (nSPS) is 8.75. The minimum atomic E-state index is -1.44. The van der Waals surface area contributed by atoms with Gasteiger partial charge >= 0.3 is 51.4 Å².